The van der Waals surface area contributed by atoms with Crippen molar-refractivity contribution in [3.8, 4) is 0 Å². The smallest absolute Gasteiger partial charge is 0.0649 e. The average Bonchev–Trinajstić information content (AvgIpc) is 2.62. The van der Waals surface area contributed by atoms with Crippen molar-refractivity contribution in [3.63, 3.8) is 0 Å². The molecule has 0 bridgehead atoms. The molecule has 0 saturated carbocycles. The van der Waals surface area contributed by atoms with Crippen molar-refractivity contribution in [2.45, 2.75) is 12.6 Å². The molecule has 4 nitrogen and oxygen atoms in total. The van der Waals surface area contributed by atoms with Crippen molar-refractivity contribution in [1.82, 2.24) is 20.1 Å². The lowest BCUT2D eigenvalue weighted by Gasteiger charge is -2.35. The molecule has 1 atom stereocenters. The summed E-state index contributed by atoms with van der Waals surface area (Å²) in [7, 11) is 2.20. The molecule has 2 heterocycles. The summed E-state index contributed by atoms with van der Waals surface area (Å²) in [6.07, 6.45) is 1.90. The number of aromatic nitrogens is 1. The van der Waals surface area contributed by atoms with Gasteiger partial charge in [-0.2, -0.15) is 0 Å². The number of piperazine rings is 1. The fourth-order valence-corrected chi connectivity index (χ4v) is 3.15. The lowest BCUT2D eigenvalue weighted by atomic mass is 10.1. The molecule has 122 valence electrons. The second-order valence-corrected chi connectivity index (χ2v) is 6.22. The zero-order valence-corrected chi connectivity index (χ0v) is 13.9. The Bertz CT molecular complexity index is 566. The van der Waals surface area contributed by atoms with Crippen molar-refractivity contribution < 1.29 is 0 Å². The summed E-state index contributed by atoms with van der Waals surface area (Å²) in [5.74, 6) is 0. The van der Waals surface area contributed by atoms with E-state index in [1.165, 1.54) is 5.56 Å². The maximum absolute atomic E-state index is 4.62. The van der Waals surface area contributed by atoms with Crippen molar-refractivity contribution in [1.29, 1.82) is 0 Å². The highest BCUT2D eigenvalue weighted by atomic mass is 15.2. The highest BCUT2D eigenvalue weighted by Crippen LogP contribution is 2.21. The molecule has 3 rings (SSSR count). The number of nitrogens with zero attached hydrogens (tertiary/aromatic N) is 3. The third kappa shape index (κ3) is 4.61. The lowest BCUT2D eigenvalue weighted by molar-refractivity contribution is 0.143. The van der Waals surface area contributed by atoms with Crippen LogP contribution in [0.25, 0.3) is 0 Å². The maximum Gasteiger partial charge on any atom is 0.0649 e. The van der Waals surface area contributed by atoms with Gasteiger partial charge in [-0.1, -0.05) is 36.4 Å². The number of hydrogen-bond donors (Lipinski definition) is 1. The van der Waals surface area contributed by atoms with E-state index in [0.717, 1.165) is 45.0 Å². The van der Waals surface area contributed by atoms with E-state index in [1.54, 1.807) is 0 Å². The molecule has 1 aromatic heterocycles. The zero-order chi connectivity index (χ0) is 15.9. The second-order valence-electron chi connectivity index (χ2n) is 6.22. The van der Waals surface area contributed by atoms with Crippen LogP contribution in [0.2, 0.25) is 0 Å². The molecule has 1 aromatic carbocycles. The van der Waals surface area contributed by atoms with Gasteiger partial charge in [0.25, 0.3) is 0 Å². The summed E-state index contributed by atoms with van der Waals surface area (Å²) in [4.78, 5) is 9.58. The molecule has 0 aliphatic carbocycles. The minimum Gasteiger partial charge on any atom is -0.314 e. The topological polar surface area (TPSA) is 31.4 Å². The van der Waals surface area contributed by atoms with Gasteiger partial charge in [-0.3, -0.25) is 14.8 Å². The normalized spacial score (nSPS) is 17.3. The zero-order valence-electron chi connectivity index (χ0n) is 13.9. The van der Waals surface area contributed by atoms with Crippen LogP contribution in [0.15, 0.2) is 54.7 Å². The Morgan fingerprint density at radius 1 is 1.09 bits per heavy atom. The fourth-order valence-electron chi connectivity index (χ4n) is 3.15. The lowest BCUT2D eigenvalue weighted by Crippen LogP contribution is -2.46. The van der Waals surface area contributed by atoms with Crippen LogP contribution in [0.4, 0.5) is 0 Å². The van der Waals surface area contributed by atoms with Gasteiger partial charge in [-0.15, -0.1) is 0 Å². The molecule has 0 spiro atoms. The van der Waals surface area contributed by atoms with E-state index in [4.69, 9.17) is 0 Å². The largest absolute Gasteiger partial charge is 0.314 e. The van der Waals surface area contributed by atoms with Gasteiger partial charge in [0, 0.05) is 45.5 Å². The summed E-state index contributed by atoms with van der Waals surface area (Å²) in [6, 6.07) is 17.2. The number of pyridine rings is 1. The van der Waals surface area contributed by atoms with Gasteiger partial charge in [0.1, 0.15) is 0 Å². The minimum atomic E-state index is 0.314. The molecule has 0 amide bonds. The van der Waals surface area contributed by atoms with E-state index in [0.29, 0.717) is 6.04 Å². The number of nitrogens with one attached hydrogen (secondary N) is 1. The first-order chi connectivity index (χ1) is 11.3. The van der Waals surface area contributed by atoms with Crippen LogP contribution >= 0.6 is 0 Å². The predicted octanol–water partition coefficient (Wildman–Crippen LogP) is 2.16. The van der Waals surface area contributed by atoms with E-state index >= 15 is 0 Å². The molecule has 2 aromatic rings. The summed E-state index contributed by atoms with van der Waals surface area (Å²) in [5, 5.41) is 3.43. The third-order valence-corrected chi connectivity index (χ3v) is 4.48. The second kappa shape index (κ2) is 8.20. The summed E-state index contributed by atoms with van der Waals surface area (Å²) < 4.78 is 0. The van der Waals surface area contributed by atoms with Crippen molar-refractivity contribution in [3.05, 3.63) is 66.0 Å². The fraction of sp³-hybridized carbons (Fsp3) is 0.421. The van der Waals surface area contributed by atoms with Gasteiger partial charge in [-0.25, -0.2) is 0 Å². The van der Waals surface area contributed by atoms with E-state index in [1.807, 2.05) is 12.3 Å². The summed E-state index contributed by atoms with van der Waals surface area (Å²) in [5.41, 5.74) is 2.50. The molecular formula is C19H26N4. The van der Waals surface area contributed by atoms with Gasteiger partial charge >= 0.3 is 0 Å². The average molecular weight is 310 g/mol. The first kappa shape index (κ1) is 16.1. The Labute approximate surface area is 139 Å². The molecule has 0 radical (unpaired) electrons. The van der Waals surface area contributed by atoms with E-state index in [-0.39, 0.29) is 0 Å². The van der Waals surface area contributed by atoms with Crippen LogP contribution in [-0.2, 0) is 6.54 Å². The Kier molecular flexibility index (Phi) is 5.75. The maximum atomic E-state index is 4.62. The molecule has 23 heavy (non-hydrogen) atoms. The summed E-state index contributed by atoms with van der Waals surface area (Å²) >= 11 is 0. The Morgan fingerprint density at radius 2 is 1.83 bits per heavy atom. The highest BCUT2D eigenvalue weighted by Gasteiger charge is 2.22. The van der Waals surface area contributed by atoms with Crippen LogP contribution in [0, 0.1) is 0 Å². The number of likely N-dealkylation sites (N-methyl/N-ethyl adjacent to an activating group) is 1. The van der Waals surface area contributed by atoms with Crippen LogP contribution in [0.3, 0.4) is 0 Å². The van der Waals surface area contributed by atoms with Gasteiger partial charge in [0.15, 0.2) is 0 Å². The standard InChI is InChI=1S/C19H26N4/c1-22(15-17-7-3-2-4-8-17)19(18-9-5-6-10-21-18)16-23-13-11-20-12-14-23/h2-10,19-20H,11-16H2,1H3. The molecule has 1 unspecified atom stereocenters. The van der Waals surface area contributed by atoms with Crippen LogP contribution in [-0.4, -0.2) is 54.6 Å². The van der Waals surface area contributed by atoms with Crippen molar-refractivity contribution >= 4 is 0 Å². The molecule has 1 saturated heterocycles. The number of hydrogen-bond acceptors (Lipinski definition) is 4. The van der Waals surface area contributed by atoms with Gasteiger partial charge < -0.3 is 5.32 Å². The Balaban J connectivity index is 1.73. The van der Waals surface area contributed by atoms with Crippen LogP contribution in [0.1, 0.15) is 17.3 Å². The van der Waals surface area contributed by atoms with E-state index < -0.39 is 0 Å². The molecule has 1 N–H and O–H groups in total. The molecule has 1 aliphatic heterocycles. The Hall–Kier alpha value is -1.75. The summed E-state index contributed by atoms with van der Waals surface area (Å²) in [6.45, 7) is 6.36. The predicted molar refractivity (Wildman–Crippen MR) is 94.2 cm³/mol. The molecule has 1 aliphatic rings. The third-order valence-electron chi connectivity index (χ3n) is 4.48. The quantitative estimate of drug-likeness (QED) is 0.886. The minimum absolute atomic E-state index is 0.314. The number of benzene rings is 1. The van der Waals surface area contributed by atoms with Crippen molar-refractivity contribution in [2.24, 2.45) is 0 Å². The van der Waals surface area contributed by atoms with E-state index in [9.17, 15) is 0 Å². The van der Waals surface area contributed by atoms with Gasteiger partial charge in [-0.05, 0) is 24.7 Å². The molecular weight excluding hydrogens is 284 g/mol. The van der Waals surface area contributed by atoms with Gasteiger partial charge in [0.05, 0.1) is 11.7 Å². The molecule has 1 fully saturated rings. The Morgan fingerprint density at radius 3 is 2.52 bits per heavy atom. The number of rotatable bonds is 6. The van der Waals surface area contributed by atoms with E-state index in [2.05, 4.69) is 69.6 Å². The highest BCUT2D eigenvalue weighted by molar-refractivity contribution is 5.16. The first-order valence-electron chi connectivity index (χ1n) is 8.41. The van der Waals surface area contributed by atoms with Crippen LogP contribution in [0.5, 0.6) is 0 Å². The SMILES string of the molecule is CN(Cc1ccccc1)C(CN1CCNCC1)c1ccccn1. The first-order valence-corrected chi connectivity index (χ1v) is 8.41. The van der Waals surface area contributed by atoms with Crippen LogP contribution < -0.4 is 5.32 Å². The monoisotopic (exact) mass is 310 g/mol. The van der Waals surface area contributed by atoms with Crippen molar-refractivity contribution in [2.75, 3.05) is 39.8 Å². The molecule has 4 heteroatoms. The van der Waals surface area contributed by atoms with Gasteiger partial charge in [0.2, 0.25) is 0 Å².